The van der Waals surface area contributed by atoms with Gasteiger partial charge in [-0.2, -0.15) is 0 Å². The smallest absolute Gasteiger partial charge is 0.261 e. The lowest BCUT2D eigenvalue weighted by Gasteiger charge is -2.10. The zero-order chi connectivity index (χ0) is 12.0. The molecular weight excluding hydrogens is 238 g/mol. The zero-order valence-corrected chi connectivity index (χ0v) is 9.31. The monoisotopic (exact) mass is 250 g/mol. The second-order valence-electron chi connectivity index (χ2n) is 3.09. The summed E-state index contributed by atoms with van der Waals surface area (Å²) in [5, 5.41) is 3.41. The van der Waals surface area contributed by atoms with Crippen LogP contribution in [0.3, 0.4) is 0 Å². The molecule has 16 heavy (non-hydrogen) atoms. The number of hydrogen-bond donors (Lipinski definition) is 2. The van der Waals surface area contributed by atoms with Gasteiger partial charge in [0.1, 0.15) is 6.61 Å². The predicted molar refractivity (Wildman–Crippen MR) is 61.2 cm³/mol. The van der Waals surface area contributed by atoms with E-state index >= 15 is 0 Å². The number of rotatable bonds is 6. The summed E-state index contributed by atoms with van der Waals surface area (Å²) in [7, 11) is 0. The van der Waals surface area contributed by atoms with Gasteiger partial charge in [-0.15, -0.1) is 0 Å². The van der Waals surface area contributed by atoms with Crippen LogP contribution in [0.2, 0.25) is 5.02 Å². The maximum absolute atomic E-state index is 11.7. The summed E-state index contributed by atoms with van der Waals surface area (Å²) >= 11 is 5.80. The van der Waals surface area contributed by atoms with Gasteiger partial charge in [-0.05, 0) is 12.1 Å². The molecule has 1 rings (SSSR count). The first-order valence-electron chi connectivity index (χ1n) is 4.75. The molecule has 0 aromatic heterocycles. The fourth-order valence-electron chi connectivity index (χ4n) is 1.12. The van der Waals surface area contributed by atoms with E-state index in [-0.39, 0.29) is 6.61 Å². The van der Waals surface area contributed by atoms with Gasteiger partial charge in [-0.25, -0.2) is 8.78 Å². The lowest BCUT2D eigenvalue weighted by atomic mass is 10.2. The summed E-state index contributed by atoms with van der Waals surface area (Å²) in [5.74, 6) is 0. The van der Waals surface area contributed by atoms with Crippen LogP contribution in [-0.4, -0.2) is 26.2 Å². The lowest BCUT2D eigenvalue weighted by Crippen LogP contribution is -2.13. The molecule has 1 aromatic carbocycles. The Morgan fingerprint density at radius 3 is 2.88 bits per heavy atom. The molecule has 0 amide bonds. The third-order valence-corrected chi connectivity index (χ3v) is 2.19. The first kappa shape index (κ1) is 13.0. The number of nitrogens with one attached hydrogen (secondary N) is 1. The van der Waals surface area contributed by atoms with Crippen LogP contribution in [0.1, 0.15) is 0 Å². The average Bonchev–Trinajstić information content (AvgIpc) is 2.23. The molecule has 6 heteroatoms. The van der Waals surface area contributed by atoms with Gasteiger partial charge in [0.15, 0.2) is 0 Å². The van der Waals surface area contributed by atoms with E-state index in [2.05, 4.69) is 5.32 Å². The summed E-state index contributed by atoms with van der Waals surface area (Å²) in [4.78, 5) is 0. The van der Waals surface area contributed by atoms with Crippen LogP contribution in [0, 0.1) is 0 Å². The van der Waals surface area contributed by atoms with Crippen LogP contribution in [-0.2, 0) is 4.74 Å². The maximum Gasteiger partial charge on any atom is 0.261 e. The van der Waals surface area contributed by atoms with E-state index in [0.717, 1.165) is 0 Å². The Bertz CT molecular complexity index is 337. The Kier molecular flexibility index (Phi) is 5.28. The van der Waals surface area contributed by atoms with Crippen LogP contribution >= 0.6 is 11.6 Å². The molecule has 1 aromatic rings. The van der Waals surface area contributed by atoms with Gasteiger partial charge in [0.05, 0.1) is 23.0 Å². The molecule has 3 N–H and O–H groups in total. The van der Waals surface area contributed by atoms with Gasteiger partial charge >= 0.3 is 0 Å². The number of halogens is 3. The van der Waals surface area contributed by atoms with E-state index < -0.39 is 13.0 Å². The Morgan fingerprint density at radius 2 is 2.19 bits per heavy atom. The van der Waals surface area contributed by atoms with Crippen molar-refractivity contribution in [1.82, 2.24) is 0 Å². The van der Waals surface area contributed by atoms with Crippen LogP contribution in [0.25, 0.3) is 0 Å². The van der Waals surface area contributed by atoms with E-state index in [1.54, 1.807) is 18.2 Å². The molecule has 0 saturated carbocycles. The molecular formula is C10H13ClF2N2O. The van der Waals surface area contributed by atoms with Gasteiger partial charge in [0.25, 0.3) is 6.43 Å². The molecule has 0 aliphatic heterocycles. The van der Waals surface area contributed by atoms with Crippen LogP contribution < -0.4 is 11.1 Å². The second-order valence-corrected chi connectivity index (χ2v) is 3.50. The highest BCUT2D eigenvalue weighted by molar-refractivity contribution is 6.33. The van der Waals surface area contributed by atoms with Crippen molar-refractivity contribution in [2.75, 3.05) is 30.8 Å². The van der Waals surface area contributed by atoms with Crippen molar-refractivity contribution in [1.29, 1.82) is 0 Å². The first-order chi connectivity index (χ1) is 7.61. The highest BCUT2D eigenvalue weighted by atomic mass is 35.5. The largest absolute Gasteiger partial charge is 0.396 e. The van der Waals surface area contributed by atoms with Gasteiger partial charge in [-0.3, -0.25) is 0 Å². The van der Waals surface area contributed by atoms with Gasteiger partial charge < -0.3 is 15.8 Å². The van der Waals surface area contributed by atoms with Gasteiger partial charge in [-0.1, -0.05) is 17.7 Å². The number of para-hydroxylation sites is 1. The van der Waals surface area contributed by atoms with Gasteiger partial charge in [0, 0.05) is 6.54 Å². The lowest BCUT2D eigenvalue weighted by molar-refractivity contribution is 0.0215. The molecule has 0 spiro atoms. The fourth-order valence-corrected chi connectivity index (χ4v) is 1.30. The molecule has 0 unspecified atom stereocenters. The van der Waals surface area contributed by atoms with Crippen molar-refractivity contribution in [3.63, 3.8) is 0 Å². The fraction of sp³-hybridized carbons (Fsp3) is 0.400. The normalized spacial score (nSPS) is 10.8. The predicted octanol–water partition coefficient (Wildman–Crippen LogP) is 2.62. The van der Waals surface area contributed by atoms with Crippen LogP contribution in [0.4, 0.5) is 20.2 Å². The molecule has 0 heterocycles. The van der Waals surface area contributed by atoms with Crippen LogP contribution in [0.5, 0.6) is 0 Å². The number of benzene rings is 1. The third-order valence-electron chi connectivity index (χ3n) is 1.86. The van der Waals surface area contributed by atoms with Crippen molar-refractivity contribution in [3.05, 3.63) is 23.2 Å². The highest BCUT2D eigenvalue weighted by Gasteiger charge is 2.03. The number of ether oxygens (including phenoxy) is 1. The number of alkyl halides is 2. The number of hydrogen-bond acceptors (Lipinski definition) is 3. The Morgan fingerprint density at radius 1 is 1.44 bits per heavy atom. The molecule has 0 bridgehead atoms. The SMILES string of the molecule is Nc1c(Cl)cccc1NCCOCC(F)F. The summed E-state index contributed by atoms with van der Waals surface area (Å²) in [6, 6.07) is 5.19. The minimum atomic E-state index is -2.43. The summed E-state index contributed by atoms with van der Waals surface area (Å²) < 4.78 is 28.1. The minimum Gasteiger partial charge on any atom is -0.396 e. The molecule has 0 aliphatic carbocycles. The second kappa shape index (κ2) is 6.50. The first-order valence-corrected chi connectivity index (χ1v) is 5.13. The van der Waals surface area contributed by atoms with Crippen molar-refractivity contribution >= 4 is 23.0 Å². The number of nitrogen functional groups attached to an aromatic ring is 1. The quantitative estimate of drug-likeness (QED) is 0.603. The van der Waals surface area contributed by atoms with E-state index in [1.165, 1.54) is 0 Å². The Labute approximate surface area is 97.5 Å². The standard InChI is InChI=1S/C10H13ClF2N2O/c11-7-2-1-3-8(10(7)14)15-4-5-16-6-9(12)13/h1-3,9,15H,4-6,14H2. The third kappa shape index (κ3) is 4.20. The van der Waals surface area contributed by atoms with Crippen molar-refractivity contribution < 1.29 is 13.5 Å². The summed E-state index contributed by atoms with van der Waals surface area (Å²) in [6.45, 7) is 0.0419. The number of anilines is 2. The summed E-state index contributed by atoms with van der Waals surface area (Å²) in [5.41, 5.74) is 6.81. The Balaban J connectivity index is 2.29. The molecule has 0 aliphatic rings. The maximum atomic E-state index is 11.7. The minimum absolute atomic E-state index is 0.191. The molecule has 90 valence electrons. The molecule has 0 radical (unpaired) electrons. The van der Waals surface area contributed by atoms with Gasteiger partial charge in [0.2, 0.25) is 0 Å². The average molecular weight is 251 g/mol. The van der Waals surface area contributed by atoms with E-state index in [1.807, 2.05) is 0 Å². The summed E-state index contributed by atoms with van der Waals surface area (Å²) in [6.07, 6.45) is -2.43. The molecule has 0 atom stereocenters. The zero-order valence-electron chi connectivity index (χ0n) is 8.55. The molecule has 0 saturated heterocycles. The number of nitrogens with two attached hydrogens (primary N) is 1. The Hall–Kier alpha value is -1.07. The topological polar surface area (TPSA) is 47.3 Å². The van der Waals surface area contributed by atoms with E-state index in [9.17, 15) is 8.78 Å². The van der Waals surface area contributed by atoms with E-state index in [4.69, 9.17) is 22.1 Å². The van der Waals surface area contributed by atoms with Crippen LogP contribution in [0.15, 0.2) is 18.2 Å². The van der Waals surface area contributed by atoms with Crippen molar-refractivity contribution in [2.24, 2.45) is 0 Å². The highest BCUT2D eigenvalue weighted by Crippen LogP contribution is 2.26. The molecule has 3 nitrogen and oxygen atoms in total. The molecule has 0 fully saturated rings. The van der Waals surface area contributed by atoms with Crippen molar-refractivity contribution in [3.8, 4) is 0 Å². The van der Waals surface area contributed by atoms with E-state index in [0.29, 0.717) is 22.9 Å². The van der Waals surface area contributed by atoms with Crippen molar-refractivity contribution in [2.45, 2.75) is 6.43 Å².